The van der Waals surface area contributed by atoms with E-state index in [9.17, 15) is 9.59 Å². The van der Waals surface area contributed by atoms with Crippen molar-refractivity contribution in [3.8, 4) is 0 Å². The number of primary amides is 1. The highest BCUT2D eigenvalue weighted by atomic mass is 127. The molecule has 0 radical (unpaired) electrons. The number of hydrogen-bond acceptors (Lipinski definition) is 3. The van der Waals surface area contributed by atoms with Gasteiger partial charge in [0.15, 0.2) is 6.10 Å². The second kappa shape index (κ2) is 5.11. The largest absolute Gasteiger partial charge is 0.449 e. The normalized spacial score (nSPS) is 11.9. The number of carbonyl (C=O) groups excluding carboxylic acids is 2. The van der Waals surface area contributed by atoms with Crippen LogP contribution < -0.4 is 5.73 Å². The minimum absolute atomic E-state index is 0.436. The van der Waals surface area contributed by atoms with E-state index >= 15 is 0 Å². The fourth-order valence-electron chi connectivity index (χ4n) is 0.909. The number of rotatable bonds is 3. The molecule has 0 aliphatic carbocycles. The van der Waals surface area contributed by atoms with E-state index in [1.165, 1.54) is 6.92 Å². The number of hydrogen-bond donors (Lipinski definition) is 1. The zero-order valence-electron chi connectivity index (χ0n) is 8.07. The summed E-state index contributed by atoms with van der Waals surface area (Å²) < 4.78 is 5.64. The van der Waals surface area contributed by atoms with Crippen LogP contribution in [0.25, 0.3) is 0 Å². The van der Waals surface area contributed by atoms with Gasteiger partial charge in [-0.2, -0.15) is 0 Å². The van der Waals surface area contributed by atoms with Gasteiger partial charge < -0.3 is 10.5 Å². The highest BCUT2D eigenvalue weighted by Gasteiger charge is 2.17. The van der Waals surface area contributed by atoms with Crippen molar-refractivity contribution in [1.29, 1.82) is 0 Å². The molecule has 0 heterocycles. The van der Waals surface area contributed by atoms with E-state index in [1.807, 2.05) is 28.7 Å². The van der Waals surface area contributed by atoms with E-state index in [0.717, 1.165) is 3.57 Å². The van der Waals surface area contributed by atoms with Gasteiger partial charge >= 0.3 is 5.97 Å². The van der Waals surface area contributed by atoms with Crippen LogP contribution in [0.1, 0.15) is 17.3 Å². The lowest BCUT2D eigenvalue weighted by atomic mass is 10.2. The molecule has 0 aliphatic rings. The molecular formula is C10H10INO3. The molecule has 0 fully saturated rings. The number of benzene rings is 1. The second-order valence-electron chi connectivity index (χ2n) is 2.93. The fourth-order valence-corrected chi connectivity index (χ4v) is 1.52. The average Bonchev–Trinajstić information content (AvgIpc) is 2.18. The van der Waals surface area contributed by atoms with Crippen molar-refractivity contribution >= 4 is 34.5 Å². The monoisotopic (exact) mass is 319 g/mol. The number of esters is 1. The summed E-state index contributed by atoms with van der Waals surface area (Å²) in [7, 11) is 0. The molecular weight excluding hydrogens is 309 g/mol. The predicted octanol–water partition coefficient (Wildman–Crippen LogP) is 1.32. The van der Waals surface area contributed by atoms with Gasteiger partial charge in [0.1, 0.15) is 0 Å². The van der Waals surface area contributed by atoms with Gasteiger partial charge in [0.25, 0.3) is 5.91 Å². The summed E-state index contributed by atoms with van der Waals surface area (Å²) in [4.78, 5) is 22.2. The van der Waals surface area contributed by atoms with Gasteiger partial charge in [0, 0.05) is 3.57 Å². The smallest absolute Gasteiger partial charge is 0.339 e. The maximum atomic E-state index is 11.5. The molecule has 1 amide bonds. The van der Waals surface area contributed by atoms with Crippen molar-refractivity contribution in [1.82, 2.24) is 0 Å². The fraction of sp³-hybridized carbons (Fsp3) is 0.200. The number of halogens is 1. The van der Waals surface area contributed by atoms with Crippen LogP contribution in [0.15, 0.2) is 24.3 Å². The van der Waals surface area contributed by atoms with Gasteiger partial charge in [-0.25, -0.2) is 4.79 Å². The zero-order chi connectivity index (χ0) is 11.4. The van der Waals surface area contributed by atoms with E-state index in [-0.39, 0.29) is 0 Å². The highest BCUT2D eigenvalue weighted by Crippen LogP contribution is 2.13. The van der Waals surface area contributed by atoms with Gasteiger partial charge in [-0.15, -0.1) is 0 Å². The molecule has 1 aromatic carbocycles. The standard InChI is InChI=1S/C10H10INO3/c1-6(9(12)13)15-10(14)7-4-2-3-5-8(7)11/h2-6H,1H3,(H2,12,13). The Hall–Kier alpha value is -1.11. The molecule has 1 atom stereocenters. The summed E-state index contributed by atoms with van der Waals surface area (Å²) in [6, 6.07) is 6.97. The van der Waals surface area contributed by atoms with Gasteiger partial charge in [-0.1, -0.05) is 12.1 Å². The first-order chi connectivity index (χ1) is 7.02. The van der Waals surface area contributed by atoms with E-state index in [4.69, 9.17) is 10.5 Å². The lowest BCUT2D eigenvalue weighted by Crippen LogP contribution is -2.30. The summed E-state index contributed by atoms with van der Waals surface area (Å²) in [6.07, 6.45) is -0.909. The van der Waals surface area contributed by atoms with Crippen LogP contribution in [0, 0.1) is 3.57 Å². The third-order valence-electron chi connectivity index (χ3n) is 1.78. The Morgan fingerprint density at radius 3 is 2.53 bits per heavy atom. The molecule has 2 N–H and O–H groups in total. The molecule has 1 unspecified atom stereocenters. The SMILES string of the molecule is CC(OC(=O)c1ccccc1I)C(N)=O. The summed E-state index contributed by atoms with van der Waals surface area (Å²) in [5.41, 5.74) is 5.42. The highest BCUT2D eigenvalue weighted by molar-refractivity contribution is 14.1. The van der Waals surface area contributed by atoms with Crippen LogP contribution in [0.3, 0.4) is 0 Å². The topological polar surface area (TPSA) is 69.4 Å². The van der Waals surface area contributed by atoms with Gasteiger partial charge in [-0.3, -0.25) is 4.79 Å². The third-order valence-corrected chi connectivity index (χ3v) is 2.72. The van der Waals surface area contributed by atoms with Gasteiger partial charge in [0.2, 0.25) is 0 Å². The molecule has 4 nitrogen and oxygen atoms in total. The Kier molecular flexibility index (Phi) is 4.07. The molecule has 0 saturated carbocycles. The maximum absolute atomic E-state index is 11.5. The minimum atomic E-state index is -0.909. The molecule has 1 rings (SSSR count). The Morgan fingerprint density at radius 2 is 2.00 bits per heavy atom. The first-order valence-electron chi connectivity index (χ1n) is 4.27. The number of amides is 1. The predicted molar refractivity (Wildman–Crippen MR) is 63.2 cm³/mol. The Morgan fingerprint density at radius 1 is 1.40 bits per heavy atom. The molecule has 0 spiro atoms. The first kappa shape index (κ1) is 12.0. The van der Waals surface area contributed by atoms with Crippen molar-refractivity contribution in [2.45, 2.75) is 13.0 Å². The molecule has 0 saturated heterocycles. The number of carbonyl (C=O) groups is 2. The lowest BCUT2D eigenvalue weighted by molar-refractivity contribution is -0.125. The molecule has 5 heteroatoms. The second-order valence-corrected chi connectivity index (χ2v) is 4.09. The van der Waals surface area contributed by atoms with Crippen molar-refractivity contribution < 1.29 is 14.3 Å². The minimum Gasteiger partial charge on any atom is -0.449 e. The summed E-state index contributed by atoms with van der Waals surface area (Å²) in [5.74, 6) is -1.19. The summed E-state index contributed by atoms with van der Waals surface area (Å²) >= 11 is 2.02. The van der Waals surface area contributed by atoms with Crippen LogP contribution in [0.5, 0.6) is 0 Å². The number of nitrogens with two attached hydrogens (primary N) is 1. The van der Waals surface area contributed by atoms with Crippen molar-refractivity contribution in [3.63, 3.8) is 0 Å². The zero-order valence-corrected chi connectivity index (χ0v) is 10.2. The van der Waals surface area contributed by atoms with E-state index in [2.05, 4.69) is 0 Å². The Balaban J connectivity index is 2.78. The van der Waals surface area contributed by atoms with Crippen molar-refractivity contribution in [2.24, 2.45) is 5.73 Å². The summed E-state index contributed by atoms with van der Waals surface area (Å²) in [6.45, 7) is 1.44. The molecule has 0 bridgehead atoms. The maximum Gasteiger partial charge on any atom is 0.339 e. The van der Waals surface area contributed by atoms with Crippen LogP contribution in [-0.4, -0.2) is 18.0 Å². The van der Waals surface area contributed by atoms with Crippen LogP contribution in [0.4, 0.5) is 0 Å². The lowest BCUT2D eigenvalue weighted by Gasteiger charge is -2.10. The molecule has 80 valence electrons. The quantitative estimate of drug-likeness (QED) is 0.675. The van der Waals surface area contributed by atoms with E-state index in [0.29, 0.717) is 5.56 Å². The van der Waals surface area contributed by atoms with E-state index in [1.54, 1.807) is 18.2 Å². The Bertz CT molecular complexity index is 392. The van der Waals surface area contributed by atoms with Crippen molar-refractivity contribution in [2.75, 3.05) is 0 Å². The van der Waals surface area contributed by atoms with E-state index < -0.39 is 18.0 Å². The van der Waals surface area contributed by atoms with Gasteiger partial charge in [-0.05, 0) is 41.6 Å². The van der Waals surface area contributed by atoms with Crippen LogP contribution >= 0.6 is 22.6 Å². The van der Waals surface area contributed by atoms with Crippen LogP contribution in [0.2, 0.25) is 0 Å². The van der Waals surface area contributed by atoms with Gasteiger partial charge in [0.05, 0.1) is 5.56 Å². The molecule has 0 aliphatic heterocycles. The molecule has 1 aromatic rings. The van der Waals surface area contributed by atoms with Crippen LogP contribution in [-0.2, 0) is 9.53 Å². The first-order valence-corrected chi connectivity index (χ1v) is 5.35. The third kappa shape index (κ3) is 3.19. The molecule has 0 aromatic heterocycles. The van der Waals surface area contributed by atoms with Crippen molar-refractivity contribution in [3.05, 3.63) is 33.4 Å². The summed E-state index contributed by atoms with van der Waals surface area (Å²) in [5, 5.41) is 0. The molecule has 15 heavy (non-hydrogen) atoms. The number of ether oxygens (including phenoxy) is 1. The Labute approximate surface area is 101 Å². The average molecular weight is 319 g/mol.